The SMILES string of the molecule is Nc1nc(Nc2cccc(O)c2)nc(-c2cccc(O)c2)c1F. The number of benzene rings is 2. The molecule has 1 aromatic heterocycles. The zero-order valence-electron chi connectivity index (χ0n) is 11.9. The average Bonchev–Trinajstić information content (AvgIpc) is 2.51. The van der Waals surface area contributed by atoms with E-state index in [-0.39, 0.29) is 29.0 Å². The zero-order chi connectivity index (χ0) is 16.4. The van der Waals surface area contributed by atoms with Crippen molar-refractivity contribution in [1.82, 2.24) is 9.97 Å². The lowest BCUT2D eigenvalue weighted by Gasteiger charge is -2.10. The molecule has 23 heavy (non-hydrogen) atoms. The van der Waals surface area contributed by atoms with Gasteiger partial charge in [0.1, 0.15) is 17.2 Å². The number of nitrogen functional groups attached to an aromatic ring is 1. The molecule has 3 rings (SSSR count). The van der Waals surface area contributed by atoms with Crippen molar-refractivity contribution >= 4 is 17.5 Å². The molecule has 7 heteroatoms. The van der Waals surface area contributed by atoms with E-state index in [9.17, 15) is 14.6 Å². The van der Waals surface area contributed by atoms with Crippen molar-refractivity contribution in [2.45, 2.75) is 0 Å². The molecule has 0 unspecified atom stereocenters. The van der Waals surface area contributed by atoms with Crippen molar-refractivity contribution in [3.63, 3.8) is 0 Å². The average molecular weight is 312 g/mol. The second kappa shape index (κ2) is 5.80. The van der Waals surface area contributed by atoms with Crippen molar-refractivity contribution in [2.24, 2.45) is 0 Å². The van der Waals surface area contributed by atoms with Crippen LogP contribution in [-0.2, 0) is 0 Å². The van der Waals surface area contributed by atoms with Crippen LogP contribution in [0.25, 0.3) is 11.3 Å². The largest absolute Gasteiger partial charge is 0.508 e. The molecule has 0 atom stereocenters. The van der Waals surface area contributed by atoms with Gasteiger partial charge in [-0.2, -0.15) is 4.98 Å². The molecule has 0 aliphatic carbocycles. The number of nitrogens with zero attached hydrogens (tertiary/aromatic N) is 2. The lowest BCUT2D eigenvalue weighted by molar-refractivity contribution is 0.475. The van der Waals surface area contributed by atoms with E-state index in [1.54, 1.807) is 24.3 Å². The minimum Gasteiger partial charge on any atom is -0.508 e. The third kappa shape index (κ3) is 3.13. The summed E-state index contributed by atoms with van der Waals surface area (Å²) in [6.45, 7) is 0. The van der Waals surface area contributed by atoms with Gasteiger partial charge in [0, 0.05) is 17.3 Å². The van der Waals surface area contributed by atoms with Gasteiger partial charge in [0.2, 0.25) is 5.95 Å². The van der Waals surface area contributed by atoms with Gasteiger partial charge in [-0.3, -0.25) is 0 Å². The summed E-state index contributed by atoms with van der Waals surface area (Å²) in [5.41, 5.74) is 6.47. The maximum Gasteiger partial charge on any atom is 0.229 e. The maximum absolute atomic E-state index is 14.2. The number of hydrogen-bond acceptors (Lipinski definition) is 6. The Bertz CT molecular complexity index is 870. The van der Waals surface area contributed by atoms with Crippen LogP contribution in [-0.4, -0.2) is 20.2 Å². The molecule has 0 saturated carbocycles. The summed E-state index contributed by atoms with van der Waals surface area (Å²) >= 11 is 0. The molecule has 6 nitrogen and oxygen atoms in total. The monoisotopic (exact) mass is 312 g/mol. The number of hydrogen-bond donors (Lipinski definition) is 4. The van der Waals surface area contributed by atoms with Gasteiger partial charge in [-0.25, -0.2) is 9.37 Å². The van der Waals surface area contributed by atoms with E-state index in [2.05, 4.69) is 15.3 Å². The zero-order valence-corrected chi connectivity index (χ0v) is 11.9. The van der Waals surface area contributed by atoms with Gasteiger partial charge < -0.3 is 21.3 Å². The van der Waals surface area contributed by atoms with E-state index in [1.165, 1.54) is 24.3 Å². The second-order valence-electron chi connectivity index (χ2n) is 4.82. The summed E-state index contributed by atoms with van der Waals surface area (Å²) in [5.74, 6) is -0.953. The number of anilines is 3. The maximum atomic E-state index is 14.2. The van der Waals surface area contributed by atoms with Crippen LogP contribution in [0.5, 0.6) is 11.5 Å². The smallest absolute Gasteiger partial charge is 0.229 e. The molecule has 3 aromatic rings. The van der Waals surface area contributed by atoms with Crippen molar-refractivity contribution in [3.8, 4) is 22.8 Å². The summed E-state index contributed by atoms with van der Waals surface area (Å²) in [7, 11) is 0. The van der Waals surface area contributed by atoms with Crippen LogP contribution < -0.4 is 11.1 Å². The molecule has 0 fully saturated rings. The van der Waals surface area contributed by atoms with Crippen molar-refractivity contribution in [2.75, 3.05) is 11.1 Å². The van der Waals surface area contributed by atoms with Crippen LogP contribution in [0.4, 0.5) is 21.8 Å². The van der Waals surface area contributed by atoms with Crippen LogP contribution in [0.1, 0.15) is 0 Å². The third-order valence-corrected chi connectivity index (χ3v) is 3.10. The normalized spacial score (nSPS) is 10.5. The Kier molecular flexibility index (Phi) is 3.68. The fraction of sp³-hybridized carbons (Fsp3) is 0. The van der Waals surface area contributed by atoms with Crippen LogP contribution in [0.3, 0.4) is 0 Å². The number of rotatable bonds is 3. The minimum absolute atomic E-state index is 0.0124. The molecule has 0 saturated heterocycles. The number of halogens is 1. The number of aromatic hydroxyl groups is 2. The van der Waals surface area contributed by atoms with Crippen LogP contribution in [0, 0.1) is 5.82 Å². The molecular weight excluding hydrogens is 299 g/mol. The first kappa shape index (κ1) is 14.6. The molecule has 1 heterocycles. The number of phenolic OH excluding ortho intramolecular Hbond substituents is 2. The van der Waals surface area contributed by atoms with Gasteiger partial charge in [-0.05, 0) is 24.3 Å². The van der Waals surface area contributed by atoms with Gasteiger partial charge in [0.25, 0.3) is 0 Å². The highest BCUT2D eigenvalue weighted by Crippen LogP contribution is 2.28. The van der Waals surface area contributed by atoms with Crippen molar-refractivity contribution < 1.29 is 14.6 Å². The second-order valence-corrected chi connectivity index (χ2v) is 4.82. The third-order valence-electron chi connectivity index (χ3n) is 3.10. The highest BCUT2D eigenvalue weighted by atomic mass is 19.1. The van der Waals surface area contributed by atoms with E-state index in [0.29, 0.717) is 11.3 Å². The molecule has 0 amide bonds. The number of nitrogens with one attached hydrogen (secondary N) is 1. The molecule has 116 valence electrons. The van der Waals surface area contributed by atoms with Gasteiger partial charge in [0.05, 0.1) is 0 Å². The summed E-state index contributed by atoms with van der Waals surface area (Å²) < 4.78 is 14.2. The first-order valence-electron chi connectivity index (χ1n) is 6.71. The fourth-order valence-electron chi connectivity index (χ4n) is 2.08. The molecule has 0 aliphatic heterocycles. The predicted octanol–water partition coefficient (Wildman–Crippen LogP) is 3.02. The lowest BCUT2D eigenvalue weighted by atomic mass is 10.1. The van der Waals surface area contributed by atoms with Gasteiger partial charge >= 0.3 is 0 Å². The van der Waals surface area contributed by atoms with Gasteiger partial charge in [-0.1, -0.05) is 18.2 Å². The number of nitrogens with two attached hydrogens (primary N) is 1. The first-order chi connectivity index (χ1) is 11.0. The fourth-order valence-corrected chi connectivity index (χ4v) is 2.08. The molecule has 0 bridgehead atoms. The minimum atomic E-state index is -0.767. The van der Waals surface area contributed by atoms with Gasteiger partial charge in [0.15, 0.2) is 11.6 Å². The topological polar surface area (TPSA) is 104 Å². The van der Waals surface area contributed by atoms with Crippen molar-refractivity contribution in [1.29, 1.82) is 0 Å². The molecule has 2 aromatic carbocycles. The Morgan fingerprint density at radius 3 is 2.35 bits per heavy atom. The number of aromatic nitrogens is 2. The number of phenols is 2. The predicted molar refractivity (Wildman–Crippen MR) is 84.9 cm³/mol. The molecule has 0 spiro atoms. The summed E-state index contributed by atoms with van der Waals surface area (Å²) in [6.07, 6.45) is 0. The Morgan fingerprint density at radius 1 is 0.957 bits per heavy atom. The van der Waals surface area contributed by atoms with E-state index in [4.69, 9.17) is 5.73 Å². The quantitative estimate of drug-likeness (QED) is 0.592. The summed E-state index contributed by atoms with van der Waals surface area (Å²) in [4.78, 5) is 7.94. The Balaban J connectivity index is 2.03. The Hall–Kier alpha value is -3.35. The van der Waals surface area contributed by atoms with Crippen LogP contribution >= 0.6 is 0 Å². The Morgan fingerprint density at radius 2 is 1.65 bits per heavy atom. The first-order valence-corrected chi connectivity index (χ1v) is 6.71. The van der Waals surface area contributed by atoms with E-state index in [0.717, 1.165) is 0 Å². The highest BCUT2D eigenvalue weighted by molar-refractivity contribution is 5.67. The Labute approximate surface area is 131 Å². The molecule has 0 aliphatic rings. The highest BCUT2D eigenvalue weighted by Gasteiger charge is 2.15. The van der Waals surface area contributed by atoms with E-state index < -0.39 is 5.82 Å². The molecular formula is C16H13FN4O2. The standard InChI is InChI=1S/C16H13FN4O2/c17-13-14(9-3-1-5-11(22)7-9)20-16(21-15(13)18)19-10-4-2-6-12(23)8-10/h1-8,22-23H,(H3,18,19,20,21). The summed E-state index contributed by atoms with van der Waals surface area (Å²) in [6, 6.07) is 12.3. The van der Waals surface area contributed by atoms with E-state index >= 15 is 0 Å². The van der Waals surface area contributed by atoms with Crippen LogP contribution in [0.15, 0.2) is 48.5 Å². The van der Waals surface area contributed by atoms with Gasteiger partial charge in [-0.15, -0.1) is 0 Å². The van der Waals surface area contributed by atoms with Crippen molar-refractivity contribution in [3.05, 3.63) is 54.3 Å². The lowest BCUT2D eigenvalue weighted by Crippen LogP contribution is -2.05. The summed E-state index contributed by atoms with van der Waals surface area (Å²) in [5, 5.41) is 21.8. The van der Waals surface area contributed by atoms with E-state index in [1.807, 2.05) is 0 Å². The molecule has 0 radical (unpaired) electrons. The van der Waals surface area contributed by atoms with Crippen LogP contribution in [0.2, 0.25) is 0 Å². The molecule has 5 N–H and O–H groups in total.